The average Bonchev–Trinajstić information content (AvgIpc) is 1.56. The Morgan fingerprint density at radius 1 is 0.865 bits per heavy atom. The largest absolute Gasteiger partial charge is 0.479 e. The van der Waals surface area contributed by atoms with E-state index in [2.05, 4.69) is 26.3 Å². The smallest absolute Gasteiger partial charge is 0.353 e. The van der Waals surface area contributed by atoms with Crippen LogP contribution < -0.4 is 26.3 Å². The van der Waals surface area contributed by atoms with E-state index in [0.29, 0.717) is 24.0 Å². The zero-order valence-corrected chi connectivity index (χ0v) is 68.3. The predicted octanol–water partition coefficient (Wildman–Crippen LogP) is 2.40. The number of likely N-dealkylation sites (N-methyl/N-ethyl adjacent to an activating group) is 1. The molecule has 3 saturated carbocycles. The van der Waals surface area contributed by atoms with Crippen LogP contribution in [0.4, 0.5) is 9.18 Å². The van der Waals surface area contributed by atoms with Crippen molar-refractivity contribution in [1.29, 1.82) is 0 Å². The molecule has 13 N–H and O–H groups in total. The maximum absolute atomic E-state index is 16.2. The molecular formula is C81H130FN8O21+. The number of imide groups is 1. The van der Waals surface area contributed by atoms with E-state index in [1.54, 1.807) is 106 Å². The van der Waals surface area contributed by atoms with Gasteiger partial charge in [-0.1, -0.05) is 91.8 Å². The van der Waals surface area contributed by atoms with E-state index >= 15 is 9.18 Å². The molecule has 0 spiro atoms. The fourth-order valence-electron chi connectivity index (χ4n) is 19.6. The van der Waals surface area contributed by atoms with Gasteiger partial charge >= 0.3 is 29.8 Å². The summed E-state index contributed by atoms with van der Waals surface area (Å²) >= 11 is 0. The summed E-state index contributed by atoms with van der Waals surface area (Å²) in [5.41, 5.74) is -8.75. The van der Waals surface area contributed by atoms with Crippen molar-refractivity contribution < 1.29 is 112 Å². The normalized spacial score (nSPS) is 40.2. The number of rotatable bonds is 23. The molecule has 0 aromatic heterocycles. The molecule has 111 heavy (non-hydrogen) atoms. The number of carbonyl (C=O) groups is 7. The third-order valence-corrected chi connectivity index (χ3v) is 25.8. The van der Waals surface area contributed by atoms with Crippen LogP contribution in [0.3, 0.4) is 0 Å². The first kappa shape index (κ1) is 90.6. The topological polar surface area (TPSA) is 409 Å². The van der Waals surface area contributed by atoms with Crippen LogP contribution in [0.1, 0.15) is 167 Å². The average molecular weight is 1570 g/mol. The molecule has 3 heterocycles. The molecule has 626 valence electrons. The summed E-state index contributed by atoms with van der Waals surface area (Å²) < 4.78 is 54.7. The van der Waals surface area contributed by atoms with Gasteiger partial charge in [-0.25, -0.2) is 14.0 Å². The number of halogens is 1. The fraction of sp³-hybridized carbons (Fsp3) is 0.778. The Morgan fingerprint density at radius 3 is 2.17 bits per heavy atom. The predicted molar refractivity (Wildman–Crippen MR) is 407 cm³/mol. The van der Waals surface area contributed by atoms with Gasteiger partial charge in [0, 0.05) is 67.8 Å². The highest BCUT2D eigenvalue weighted by Crippen LogP contribution is 2.68. The van der Waals surface area contributed by atoms with Crippen LogP contribution in [0, 0.1) is 58.2 Å². The number of nitrogens with one attached hydrogen (secondary N) is 5. The second kappa shape index (κ2) is 36.9. The Labute approximate surface area is 653 Å². The zero-order chi connectivity index (χ0) is 82.5. The summed E-state index contributed by atoms with van der Waals surface area (Å²) in [6, 6.07) is 4.93. The molecule has 5 amide bonds. The molecular weight excluding hydrogens is 1440 g/mol. The summed E-state index contributed by atoms with van der Waals surface area (Å²) in [4.78, 5) is 106. The molecule has 3 aliphatic heterocycles. The van der Waals surface area contributed by atoms with Crippen LogP contribution in [0.2, 0.25) is 0 Å². The first-order valence-corrected chi connectivity index (χ1v) is 39.9. The quantitative estimate of drug-likeness (QED) is 0.0324. The summed E-state index contributed by atoms with van der Waals surface area (Å²) in [5.74, 6) is -9.98. The summed E-state index contributed by atoms with van der Waals surface area (Å²) in [6.07, 6.45) is -8.30. The van der Waals surface area contributed by atoms with Gasteiger partial charge in [0.05, 0.1) is 67.3 Å². The number of nitrogens with zero attached hydrogens (tertiary/aromatic N) is 3. The third-order valence-electron chi connectivity index (χ3n) is 25.8. The van der Waals surface area contributed by atoms with Gasteiger partial charge in [0.1, 0.15) is 42.2 Å². The maximum Gasteiger partial charge on any atom is 0.353 e. The van der Waals surface area contributed by atoms with E-state index in [1.165, 1.54) is 31.1 Å². The number of guanidine groups is 1. The molecule has 29 nitrogen and oxygen atoms in total. The second-order valence-electron chi connectivity index (χ2n) is 34.9. The van der Waals surface area contributed by atoms with Crippen molar-refractivity contribution in [3.8, 4) is 0 Å². The SMILES string of the molecule is CCC1OC(=O)C(C)C(OC2CC(C)(OC)C(O)C(C)O2)C(C)C(OC2OC(C)CC(N(C)C)C2O)C(C)(O)CC(C)CN(CCCNC(=[NH+]CC(=O)O)N(CCC(C)C)C(=O)C(Cc2ccccc2)NC(=O)CNC(=O)NC(=O)[C@@]2(O)[C@H](C)CC3C4C[C@H](F)C5=CC(=O)C=C[C@]5(C)C4[C@@H](O)C[C@@]32C)C(C)C(O)C1(C)O. The number of ether oxygens (including phenoxy) is 6. The van der Waals surface area contributed by atoms with Gasteiger partial charge in [-0.2, -0.15) is 4.90 Å². The fourth-order valence-corrected chi connectivity index (χ4v) is 19.6. The number of ketones is 1. The second-order valence-corrected chi connectivity index (χ2v) is 34.9. The van der Waals surface area contributed by atoms with Crippen LogP contribution in [0.5, 0.6) is 0 Å². The summed E-state index contributed by atoms with van der Waals surface area (Å²) in [5, 5.41) is 107. The molecule has 28 atom stereocenters. The van der Waals surface area contributed by atoms with E-state index in [0.717, 1.165) is 0 Å². The number of hydrogen-bond acceptors (Lipinski definition) is 22. The standard InChI is InChI=1S/C81H129FN8O21/c1-19-60-80(15,104)67(97)49(9)89(42-44(4)37-78(13,103)69(111-72-65(96)58(88(16)17)33-46(6)107-72)47(7)66(48(8)71(100)109-60)110-63-39-79(14,106-18)68(98)50(10)108-63)30-23-29-83-74(84-41-62(94)95)90(31-27-43(2)3)70(99)57(34-51-24-21-20-22-25-51)86-61(93)40-85-75(102)87-73(101)81(105)45(5)32-54-53-36-56(82)55-35-52(91)26-28-76(55,11)64(53)59(92)38-77(54,81)12/h20-22,24-26,28,35,43-50,53-54,56-60,63-69,72,92,96-98,103-105H,19,23,27,29-34,36-42H2,1-18H3,(H,83,84)(H,86,93)(H,94,95)(H2,85,87,101,102)/p+1/t44?,45-,46?,47?,48?,49?,50?,53?,54?,56+,57?,58?,59+,60?,63?,64?,65?,66?,67?,68?,69?,72?,76+,77+,78?,79?,80?,81+/m1/s1. The van der Waals surface area contributed by atoms with E-state index in [4.69, 9.17) is 28.4 Å². The molecule has 6 fully saturated rings. The molecule has 4 aliphatic carbocycles. The van der Waals surface area contributed by atoms with E-state index in [-0.39, 0.29) is 95.2 Å². The number of methoxy groups -OCH3 is 1. The Hall–Kier alpha value is -5.97. The lowest BCUT2D eigenvalue weighted by Crippen LogP contribution is -2.82. The number of benzene rings is 1. The number of hydrogen-bond donors (Lipinski definition) is 13. The zero-order valence-electron chi connectivity index (χ0n) is 68.3. The van der Waals surface area contributed by atoms with E-state index in [1.807, 2.05) is 51.6 Å². The van der Waals surface area contributed by atoms with Gasteiger partial charge in [-0.05, 0) is 167 Å². The first-order chi connectivity index (χ1) is 51.8. The number of urea groups is 1. The highest BCUT2D eigenvalue weighted by molar-refractivity contribution is 6.02. The number of aliphatic carboxylic acids is 1. The first-order valence-electron chi connectivity index (χ1n) is 39.9. The Kier molecular flexibility index (Phi) is 30.1. The number of carboxylic acids is 1. The van der Waals surface area contributed by atoms with Gasteiger partial charge in [-0.15, -0.1) is 0 Å². The van der Waals surface area contributed by atoms with Crippen molar-refractivity contribution in [2.45, 2.75) is 282 Å². The summed E-state index contributed by atoms with van der Waals surface area (Å²) in [6.45, 7) is 24.8. The lowest BCUT2D eigenvalue weighted by Gasteiger charge is -2.60. The monoisotopic (exact) mass is 1570 g/mol. The lowest BCUT2D eigenvalue weighted by atomic mass is 9.46. The summed E-state index contributed by atoms with van der Waals surface area (Å²) in [7, 11) is 5.14. The number of esters is 1. The number of carboxylic acid groups (broad SMARTS) is 1. The molecule has 30 heteroatoms. The molecule has 22 unspecified atom stereocenters. The lowest BCUT2D eigenvalue weighted by molar-refractivity contribution is -0.454. The van der Waals surface area contributed by atoms with Crippen molar-refractivity contribution in [3.63, 3.8) is 0 Å². The van der Waals surface area contributed by atoms with Crippen LogP contribution in [0.15, 0.2) is 54.1 Å². The van der Waals surface area contributed by atoms with Crippen molar-refractivity contribution in [1.82, 2.24) is 36.0 Å². The third kappa shape index (κ3) is 19.9. The van der Waals surface area contributed by atoms with E-state index in [9.17, 15) is 69.6 Å². The minimum atomic E-state index is -2.25. The van der Waals surface area contributed by atoms with Crippen molar-refractivity contribution in [2.75, 3.05) is 60.5 Å². The van der Waals surface area contributed by atoms with Gasteiger partial charge in [-0.3, -0.25) is 44.5 Å². The van der Waals surface area contributed by atoms with Gasteiger partial charge < -0.3 is 84.8 Å². The van der Waals surface area contributed by atoms with Gasteiger partial charge in [0.25, 0.3) is 5.91 Å². The Morgan fingerprint density at radius 2 is 1.54 bits per heavy atom. The Balaban J connectivity index is 1.02. The highest BCUT2D eigenvalue weighted by Gasteiger charge is 2.72. The number of fused-ring (bicyclic) bond motifs is 5. The number of aliphatic hydroxyl groups is 7. The van der Waals surface area contributed by atoms with Crippen LogP contribution in [-0.4, -0.2) is 278 Å². The number of carbonyl (C=O) groups excluding carboxylic acids is 6. The van der Waals surface area contributed by atoms with Crippen LogP contribution in [0.25, 0.3) is 0 Å². The number of alkyl halides is 1. The van der Waals surface area contributed by atoms with Gasteiger partial charge in [0.2, 0.25) is 5.91 Å². The molecule has 1 aromatic rings. The number of allylic oxidation sites excluding steroid dienone is 4. The number of amides is 5. The minimum absolute atomic E-state index is 0.00127. The maximum atomic E-state index is 16.2. The Bertz CT molecular complexity index is 3500. The molecule has 0 radical (unpaired) electrons. The minimum Gasteiger partial charge on any atom is -0.479 e. The number of cyclic esters (lactones) is 1. The van der Waals surface area contributed by atoms with Crippen molar-refractivity contribution in [3.05, 3.63) is 59.7 Å². The molecule has 0 bridgehead atoms. The molecule has 3 saturated heterocycles. The van der Waals surface area contributed by atoms with Crippen molar-refractivity contribution >= 4 is 47.4 Å². The van der Waals surface area contributed by atoms with Gasteiger partial charge in [0.15, 0.2) is 30.5 Å². The number of aliphatic hydroxyl groups excluding tert-OH is 4. The van der Waals surface area contributed by atoms with Crippen molar-refractivity contribution in [2.24, 2.45) is 58.2 Å². The molecule has 1 aromatic carbocycles. The van der Waals surface area contributed by atoms with Crippen LogP contribution >= 0.6 is 0 Å². The molecule has 7 aliphatic rings. The van der Waals surface area contributed by atoms with Crippen LogP contribution in [-0.2, 0) is 63.6 Å². The highest BCUT2D eigenvalue weighted by atomic mass is 19.1. The molecule has 8 rings (SSSR count). The van der Waals surface area contributed by atoms with E-state index < -0.39 is 215 Å².